The Morgan fingerprint density at radius 1 is 0.769 bits per heavy atom. The van der Waals surface area contributed by atoms with Crippen molar-refractivity contribution >= 4 is 30.4 Å². The van der Waals surface area contributed by atoms with E-state index in [1.54, 1.807) is 11.1 Å². The first kappa shape index (κ1) is 21.2. The van der Waals surface area contributed by atoms with Gasteiger partial charge in [-0.3, -0.25) is 0 Å². The van der Waals surface area contributed by atoms with Gasteiger partial charge in [0.05, 0.1) is 0 Å². The molecule has 3 rings (SSSR count). The molecule has 0 radical (unpaired) electrons. The van der Waals surface area contributed by atoms with Crippen molar-refractivity contribution in [3.05, 3.63) is 70.9 Å². The van der Waals surface area contributed by atoms with Crippen molar-refractivity contribution in [3.63, 3.8) is 0 Å². The van der Waals surface area contributed by atoms with Crippen LogP contribution in [0.3, 0.4) is 0 Å². The van der Waals surface area contributed by atoms with Gasteiger partial charge >= 0.3 is 171 Å². The Morgan fingerprint density at radius 2 is 1.08 bits per heavy atom. The third-order valence-electron chi connectivity index (χ3n) is 8.93. The molecule has 0 spiro atoms. The van der Waals surface area contributed by atoms with Crippen molar-refractivity contribution in [1.29, 1.82) is 0 Å². The van der Waals surface area contributed by atoms with E-state index in [4.69, 9.17) is 24.4 Å². The number of hydrogen-bond donors (Lipinski definition) is 0. The maximum absolute atomic E-state index is 4.84. The van der Waals surface area contributed by atoms with Crippen molar-refractivity contribution in [2.45, 2.75) is 58.1 Å². The summed E-state index contributed by atoms with van der Waals surface area (Å²) in [5.74, 6) is -1.25. The van der Waals surface area contributed by atoms with E-state index in [9.17, 15) is 0 Å². The van der Waals surface area contributed by atoms with E-state index in [1.165, 1.54) is 11.1 Å². The van der Waals surface area contributed by atoms with Gasteiger partial charge in [0.15, 0.2) is 0 Å². The molecule has 3 aliphatic rings. The zero-order valence-electron chi connectivity index (χ0n) is 17.1. The molecule has 0 nitrogen and oxygen atoms in total. The summed E-state index contributed by atoms with van der Waals surface area (Å²) in [4.78, 5) is 0. The summed E-state index contributed by atoms with van der Waals surface area (Å²) in [6, 6.07) is 0. The molecule has 0 saturated carbocycles. The van der Waals surface area contributed by atoms with Gasteiger partial charge in [0.1, 0.15) is 0 Å². The van der Waals surface area contributed by atoms with Crippen LogP contribution < -0.4 is 0 Å². The molecule has 0 aliphatic heterocycles. The summed E-state index contributed by atoms with van der Waals surface area (Å²) in [7, 11) is 0. The topological polar surface area (TPSA) is 0 Å². The van der Waals surface area contributed by atoms with Crippen LogP contribution in [-0.4, -0.2) is 5.92 Å². The minimum absolute atomic E-state index is 0.0447. The first-order valence-corrected chi connectivity index (χ1v) is 32.2. The molecular formula is C22H32Br2SiZr. The monoisotopic (exact) mass is 572 g/mol. The molecule has 0 atom stereocenters. The quantitative estimate of drug-likeness (QED) is 0.295. The van der Waals surface area contributed by atoms with Crippen molar-refractivity contribution in [2.75, 3.05) is 0 Å². The van der Waals surface area contributed by atoms with Gasteiger partial charge in [0.2, 0.25) is 0 Å². The molecule has 0 aromatic rings. The standard InChI is InChI=1S/C10H15.2C5H5.C2H7Si.2BrH.Zr/c1-6-7(2)9(4)10(5)8(6)3;2*1-2-4-5-3-1;1-3-2;;;/h1-5H3;2*1-5H;3H,1-2H3;2*1H;/q;;;;;;+2/p-2. The summed E-state index contributed by atoms with van der Waals surface area (Å²) < 4.78 is 0.950. The average molecular weight is 576 g/mol. The molecule has 26 heavy (non-hydrogen) atoms. The van der Waals surface area contributed by atoms with Crippen LogP contribution in [0.4, 0.5) is 0 Å². The molecule has 0 saturated heterocycles. The normalized spacial score (nSPS) is 25.9. The zero-order valence-corrected chi connectivity index (χ0v) is 23.9. The van der Waals surface area contributed by atoms with Gasteiger partial charge in [-0.25, -0.2) is 0 Å². The summed E-state index contributed by atoms with van der Waals surface area (Å²) in [6.07, 6.45) is 18.9. The van der Waals surface area contributed by atoms with Crippen LogP contribution in [0.15, 0.2) is 70.9 Å². The second-order valence-electron chi connectivity index (χ2n) is 9.22. The molecule has 0 aromatic heterocycles. The van der Waals surface area contributed by atoms with Crippen LogP contribution in [0.5, 0.6) is 0 Å². The second-order valence-corrected chi connectivity index (χ2v) is 85.9. The molecule has 142 valence electrons. The molecule has 0 heterocycles. The van der Waals surface area contributed by atoms with E-state index in [2.05, 4.69) is 96.3 Å². The van der Waals surface area contributed by atoms with Gasteiger partial charge in [-0.05, 0) is 0 Å². The van der Waals surface area contributed by atoms with E-state index in [1.807, 2.05) is 0 Å². The maximum atomic E-state index is 4.84. The van der Waals surface area contributed by atoms with Gasteiger partial charge in [0.25, 0.3) is 0 Å². The summed E-state index contributed by atoms with van der Waals surface area (Å²) in [6.45, 7) is 17.2. The molecule has 0 bridgehead atoms. The number of rotatable bonds is 4. The zero-order chi connectivity index (χ0) is 19.6. The first-order chi connectivity index (χ1) is 11.9. The van der Waals surface area contributed by atoms with Crippen molar-refractivity contribution < 1.29 is 11.8 Å². The second kappa shape index (κ2) is 6.00. The van der Waals surface area contributed by atoms with E-state index in [0.29, 0.717) is 7.25 Å². The van der Waals surface area contributed by atoms with Gasteiger partial charge in [-0.2, -0.15) is 0 Å². The fourth-order valence-corrected chi connectivity index (χ4v) is 64.1. The Kier molecular flexibility index (Phi) is 4.90. The Hall–Kier alpha value is 0.500. The van der Waals surface area contributed by atoms with Crippen LogP contribution in [0, 0.1) is 0 Å². The summed E-state index contributed by atoms with van der Waals surface area (Å²) in [5.41, 5.74) is 6.13. The number of allylic oxidation sites excluding steroid dienone is 12. The van der Waals surface area contributed by atoms with Crippen LogP contribution in [0.1, 0.15) is 34.6 Å². The fourth-order valence-electron chi connectivity index (χ4n) is 6.55. The van der Waals surface area contributed by atoms with Crippen molar-refractivity contribution in [1.82, 2.24) is 0 Å². The SMILES string of the molecule is CC1=C(C)[C](C)([Zr]([Br])([Br])([CH]2C=CC=C2)([CH]2C=CC=C2)[SiH](C)C)C(C)=C1C. The van der Waals surface area contributed by atoms with Gasteiger partial charge in [-0.1, -0.05) is 0 Å². The molecule has 4 heteroatoms. The Bertz CT molecular complexity index is 785. The van der Waals surface area contributed by atoms with E-state index < -0.39 is 17.7 Å². The van der Waals surface area contributed by atoms with Crippen LogP contribution in [-0.2, 0) is 11.8 Å². The van der Waals surface area contributed by atoms with Crippen molar-refractivity contribution in [2.24, 2.45) is 0 Å². The average Bonchev–Trinajstić information content (AvgIpc) is 3.34. The molecule has 0 aromatic carbocycles. The minimum atomic E-state index is -4.48. The third-order valence-corrected chi connectivity index (χ3v) is 112. The van der Waals surface area contributed by atoms with Gasteiger partial charge < -0.3 is 0 Å². The summed E-state index contributed by atoms with van der Waals surface area (Å²) >= 11 is 5.21. The van der Waals surface area contributed by atoms with Gasteiger partial charge in [0, 0.05) is 0 Å². The van der Waals surface area contributed by atoms with E-state index in [0.717, 1.165) is 0 Å². The molecular weight excluding hydrogens is 543 g/mol. The number of hydrogen-bond acceptors (Lipinski definition) is 0. The fraction of sp³-hybridized carbons (Fsp3) is 0.455. The predicted octanol–water partition coefficient (Wildman–Crippen LogP) is 8.51. The molecule has 3 aliphatic carbocycles. The predicted molar refractivity (Wildman–Crippen MR) is 126 cm³/mol. The van der Waals surface area contributed by atoms with Crippen molar-refractivity contribution in [3.8, 4) is 0 Å². The van der Waals surface area contributed by atoms with Gasteiger partial charge in [-0.15, -0.1) is 0 Å². The molecule has 0 fully saturated rings. The van der Waals surface area contributed by atoms with E-state index >= 15 is 0 Å². The van der Waals surface area contributed by atoms with Crippen LogP contribution in [0.2, 0.25) is 23.5 Å². The first-order valence-electron chi connectivity index (χ1n) is 9.73. The Balaban J connectivity index is 2.57. The molecule has 0 unspecified atom stereocenters. The Morgan fingerprint density at radius 3 is 1.35 bits per heavy atom. The van der Waals surface area contributed by atoms with Crippen LogP contribution >= 0.6 is 24.4 Å². The molecule has 0 N–H and O–H groups in total. The molecule has 0 amide bonds. The third kappa shape index (κ3) is 1.94. The van der Waals surface area contributed by atoms with Crippen LogP contribution in [0.25, 0.3) is 0 Å². The van der Waals surface area contributed by atoms with E-state index in [-0.39, 0.29) is 3.12 Å². The summed E-state index contributed by atoms with van der Waals surface area (Å²) in [5, 5.41) is 0. The Labute approximate surface area is 169 Å². The number of halogens is 2.